The summed E-state index contributed by atoms with van der Waals surface area (Å²) in [5.74, 6) is 6.20. The van der Waals surface area contributed by atoms with Gasteiger partial charge in [0.05, 0.1) is 6.04 Å². The minimum absolute atomic E-state index is 0.0140. The largest absolute Gasteiger partial charge is 0.271 e. The second kappa shape index (κ2) is 5.76. The van der Waals surface area contributed by atoms with E-state index in [0.29, 0.717) is 5.92 Å². The van der Waals surface area contributed by atoms with Crippen LogP contribution in [-0.4, -0.2) is 4.98 Å². The Labute approximate surface area is 108 Å². The molecule has 2 rings (SSSR count). The number of hydrazine groups is 1. The summed E-state index contributed by atoms with van der Waals surface area (Å²) in [5, 5.41) is 0. The predicted octanol–water partition coefficient (Wildman–Crippen LogP) is 2.76. The highest BCUT2D eigenvalue weighted by molar-refractivity contribution is 5.32. The van der Waals surface area contributed by atoms with Crippen molar-refractivity contribution in [2.45, 2.75) is 25.8 Å². The summed E-state index contributed by atoms with van der Waals surface area (Å²) in [4.78, 5) is 4.13. The molecule has 1 aromatic carbocycles. The molecule has 1 atom stereocenters. The summed E-state index contributed by atoms with van der Waals surface area (Å²) in [6.45, 7) is 4.38. The summed E-state index contributed by atoms with van der Waals surface area (Å²) in [6.07, 6.45) is 3.60. The van der Waals surface area contributed by atoms with Gasteiger partial charge in [-0.05, 0) is 28.7 Å². The lowest BCUT2D eigenvalue weighted by molar-refractivity contribution is 0.634. The molecule has 0 spiro atoms. The average molecular weight is 241 g/mol. The second-order valence-electron chi connectivity index (χ2n) is 4.71. The van der Waals surface area contributed by atoms with Gasteiger partial charge in [0.1, 0.15) is 0 Å². The van der Waals surface area contributed by atoms with E-state index in [2.05, 4.69) is 48.5 Å². The Morgan fingerprint density at radius 2 is 1.67 bits per heavy atom. The number of nitrogens with one attached hydrogen (secondary N) is 1. The molecule has 1 heterocycles. The van der Waals surface area contributed by atoms with Gasteiger partial charge in [-0.1, -0.05) is 44.2 Å². The minimum atomic E-state index is -0.0140. The van der Waals surface area contributed by atoms with Crippen LogP contribution in [0.2, 0.25) is 0 Å². The van der Waals surface area contributed by atoms with Crippen molar-refractivity contribution in [2.75, 3.05) is 0 Å². The van der Waals surface area contributed by atoms with Gasteiger partial charge in [-0.15, -0.1) is 0 Å². The van der Waals surface area contributed by atoms with E-state index in [1.54, 1.807) is 6.20 Å². The highest BCUT2D eigenvalue weighted by atomic mass is 15.2. The van der Waals surface area contributed by atoms with Gasteiger partial charge < -0.3 is 0 Å². The second-order valence-corrected chi connectivity index (χ2v) is 4.71. The van der Waals surface area contributed by atoms with Gasteiger partial charge in [0.25, 0.3) is 0 Å². The first-order valence-corrected chi connectivity index (χ1v) is 6.18. The number of hydrogen-bond acceptors (Lipinski definition) is 3. The zero-order chi connectivity index (χ0) is 13.0. The van der Waals surface area contributed by atoms with Gasteiger partial charge in [-0.3, -0.25) is 10.8 Å². The monoisotopic (exact) mass is 241 g/mol. The minimum Gasteiger partial charge on any atom is -0.271 e. The highest BCUT2D eigenvalue weighted by Gasteiger charge is 2.12. The van der Waals surface area contributed by atoms with Gasteiger partial charge in [-0.25, -0.2) is 5.43 Å². The molecule has 0 bridgehead atoms. The van der Waals surface area contributed by atoms with Crippen molar-refractivity contribution >= 4 is 0 Å². The van der Waals surface area contributed by atoms with Crippen molar-refractivity contribution < 1.29 is 0 Å². The summed E-state index contributed by atoms with van der Waals surface area (Å²) in [7, 11) is 0. The Kier molecular flexibility index (Phi) is 4.07. The number of benzene rings is 1. The van der Waals surface area contributed by atoms with Crippen LogP contribution in [0, 0.1) is 0 Å². The Morgan fingerprint density at radius 3 is 2.17 bits per heavy atom. The van der Waals surface area contributed by atoms with E-state index < -0.39 is 0 Å². The molecule has 2 aromatic rings. The van der Waals surface area contributed by atoms with E-state index in [1.165, 1.54) is 5.56 Å². The molecule has 1 unspecified atom stereocenters. The van der Waals surface area contributed by atoms with E-state index in [4.69, 9.17) is 5.84 Å². The van der Waals surface area contributed by atoms with Crippen LogP contribution in [0.5, 0.6) is 0 Å². The summed E-state index contributed by atoms with van der Waals surface area (Å²) < 4.78 is 0. The maximum Gasteiger partial charge on any atom is 0.0725 e. The molecule has 0 saturated carbocycles. The molecule has 0 fully saturated rings. The molecule has 0 aliphatic heterocycles. The normalized spacial score (nSPS) is 12.7. The van der Waals surface area contributed by atoms with Gasteiger partial charge in [0.15, 0.2) is 0 Å². The third kappa shape index (κ3) is 2.75. The van der Waals surface area contributed by atoms with E-state index in [1.807, 2.05) is 18.3 Å². The van der Waals surface area contributed by atoms with Gasteiger partial charge in [-0.2, -0.15) is 0 Å². The molecule has 3 N–H and O–H groups in total. The van der Waals surface area contributed by atoms with Crippen LogP contribution in [0.25, 0.3) is 0 Å². The van der Waals surface area contributed by atoms with Crippen molar-refractivity contribution in [3.63, 3.8) is 0 Å². The molecule has 3 nitrogen and oxygen atoms in total. The van der Waals surface area contributed by atoms with Crippen LogP contribution in [0.1, 0.15) is 42.5 Å². The summed E-state index contributed by atoms with van der Waals surface area (Å²) in [5.41, 5.74) is 6.39. The molecule has 18 heavy (non-hydrogen) atoms. The van der Waals surface area contributed by atoms with Crippen molar-refractivity contribution in [1.82, 2.24) is 10.4 Å². The number of rotatable bonds is 4. The van der Waals surface area contributed by atoms with Gasteiger partial charge in [0.2, 0.25) is 0 Å². The number of nitrogens with zero attached hydrogens (tertiary/aromatic N) is 1. The van der Waals surface area contributed by atoms with E-state index in [-0.39, 0.29) is 6.04 Å². The zero-order valence-corrected chi connectivity index (χ0v) is 10.8. The van der Waals surface area contributed by atoms with Crippen LogP contribution in [0.15, 0.2) is 48.8 Å². The first kappa shape index (κ1) is 12.7. The highest BCUT2D eigenvalue weighted by Crippen LogP contribution is 2.22. The van der Waals surface area contributed by atoms with Crippen molar-refractivity contribution in [3.8, 4) is 0 Å². The fraction of sp³-hybridized carbons (Fsp3) is 0.267. The lowest BCUT2D eigenvalue weighted by atomic mass is 9.96. The molecule has 94 valence electrons. The standard InChI is InChI=1S/C15H19N3/c1-11(2)12-5-7-13(8-6-12)15(18-16)14-4-3-9-17-10-14/h3-11,15,18H,16H2,1-2H3. The van der Waals surface area contributed by atoms with Crippen LogP contribution < -0.4 is 11.3 Å². The topological polar surface area (TPSA) is 50.9 Å². The Bertz CT molecular complexity index is 477. The van der Waals surface area contributed by atoms with Crippen LogP contribution >= 0.6 is 0 Å². The fourth-order valence-electron chi connectivity index (χ4n) is 2.00. The molecule has 0 saturated heterocycles. The van der Waals surface area contributed by atoms with E-state index >= 15 is 0 Å². The van der Waals surface area contributed by atoms with Gasteiger partial charge in [0, 0.05) is 12.4 Å². The SMILES string of the molecule is CC(C)c1ccc(C(NN)c2cccnc2)cc1. The van der Waals surface area contributed by atoms with Crippen LogP contribution in [-0.2, 0) is 0 Å². The van der Waals surface area contributed by atoms with Crippen molar-refractivity contribution in [3.05, 3.63) is 65.5 Å². The quantitative estimate of drug-likeness (QED) is 0.639. The summed E-state index contributed by atoms with van der Waals surface area (Å²) >= 11 is 0. The van der Waals surface area contributed by atoms with Crippen LogP contribution in [0.4, 0.5) is 0 Å². The van der Waals surface area contributed by atoms with E-state index in [9.17, 15) is 0 Å². The third-order valence-corrected chi connectivity index (χ3v) is 3.12. The molecular formula is C15H19N3. The fourth-order valence-corrected chi connectivity index (χ4v) is 2.00. The predicted molar refractivity (Wildman–Crippen MR) is 73.9 cm³/mol. The molecule has 0 aliphatic rings. The maximum absolute atomic E-state index is 5.66. The lowest BCUT2D eigenvalue weighted by Crippen LogP contribution is -2.28. The molecule has 0 radical (unpaired) electrons. The first-order valence-electron chi connectivity index (χ1n) is 6.18. The molecule has 1 aromatic heterocycles. The Hall–Kier alpha value is -1.71. The number of aromatic nitrogens is 1. The maximum atomic E-state index is 5.66. The Morgan fingerprint density at radius 1 is 1.00 bits per heavy atom. The molecular weight excluding hydrogens is 222 g/mol. The van der Waals surface area contributed by atoms with E-state index in [0.717, 1.165) is 11.1 Å². The molecule has 0 aliphatic carbocycles. The summed E-state index contributed by atoms with van der Waals surface area (Å²) in [6, 6.07) is 12.5. The number of hydrogen-bond donors (Lipinski definition) is 2. The first-order chi connectivity index (χ1) is 8.72. The Balaban J connectivity index is 2.28. The number of pyridine rings is 1. The van der Waals surface area contributed by atoms with Gasteiger partial charge >= 0.3 is 0 Å². The third-order valence-electron chi connectivity index (χ3n) is 3.12. The average Bonchev–Trinajstić information content (AvgIpc) is 2.41. The lowest BCUT2D eigenvalue weighted by Gasteiger charge is -2.17. The zero-order valence-electron chi connectivity index (χ0n) is 10.8. The van der Waals surface area contributed by atoms with Crippen molar-refractivity contribution in [1.29, 1.82) is 0 Å². The van der Waals surface area contributed by atoms with Crippen molar-refractivity contribution in [2.24, 2.45) is 5.84 Å². The number of nitrogens with two attached hydrogens (primary N) is 1. The molecule has 0 amide bonds. The molecule has 3 heteroatoms. The van der Waals surface area contributed by atoms with Crippen LogP contribution in [0.3, 0.4) is 0 Å². The smallest absolute Gasteiger partial charge is 0.0725 e.